The Bertz CT molecular complexity index is 409. The zero-order chi connectivity index (χ0) is 15.1. The van der Waals surface area contributed by atoms with Crippen molar-refractivity contribution in [3.8, 4) is 0 Å². The van der Waals surface area contributed by atoms with Crippen LogP contribution in [0.25, 0.3) is 0 Å². The lowest BCUT2D eigenvalue weighted by Crippen LogP contribution is -2.46. The quantitative estimate of drug-likeness (QED) is 0.497. The molecule has 0 amide bonds. The highest BCUT2D eigenvalue weighted by molar-refractivity contribution is 7.92. The fraction of sp³-hybridized carbons (Fsp3) is 0.818. The summed E-state index contributed by atoms with van der Waals surface area (Å²) in [5.74, 6) is -0.572. The highest BCUT2D eigenvalue weighted by Gasteiger charge is 2.33. The number of hydrogen-bond donors (Lipinski definition) is 1. The van der Waals surface area contributed by atoms with E-state index in [-0.39, 0.29) is 31.1 Å². The van der Waals surface area contributed by atoms with Gasteiger partial charge in [0.05, 0.1) is 11.6 Å². The van der Waals surface area contributed by atoms with Crippen molar-refractivity contribution in [2.45, 2.75) is 38.9 Å². The number of nitrogens with zero attached hydrogens (tertiary/aromatic N) is 1. The summed E-state index contributed by atoms with van der Waals surface area (Å²) in [5, 5.41) is -0.941. The SMILES string of the molecule is CCCN(CC(=O)OCC)S(=O)(=O)C(CC)C(N)=S. The van der Waals surface area contributed by atoms with Crippen LogP contribution in [0.5, 0.6) is 0 Å². The van der Waals surface area contributed by atoms with E-state index in [1.807, 2.05) is 6.92 Å². The zero-order valence-electron chi connectivity index (χ0n) is 11.6. The van der Waals surface area contributed by atoms with Crippen LogP contribution in [0.1, 0.15) is 33.6 Å². The van der Waals surface area contributed by atoms with Gasteiger partial charge in [-0.15, -0.1) is 0 Å². The van der Waals surface area contributed by atoms with Crippen molar-refractivity contribution >= 4 is 33.2 Å². The minimum Gasteiger partial charge on any atom is -0.465 e. The van der Waals surface area contributed by atoms with Crippen LogP contribution >= 0.6 is 12.2 Å². The number of esters is 1. The molecule has 19 heavy (non-hydrogen) atoms. The van der Waals surface area contributed by atoms with Gasteiger partial charge in [0.1, 0.15) is 11.8 Å². The number of ether oxygens (including phenoxy) is 1. The molecule has 1 unspecified atom stereocenters. The van der Waals surface area contributed by atoms with Gasteiger partial charge < -0.3 is 10.5 Å². The van der Waals surface area contributed by atoms with Crippen molar-refractivity contribution in [1.29, 1.82) is 0 Å². The van der Waals surface area contributed by atoms with Gasteiger partial charge in [-0.25, -0.2) is 8.42 Å². The molecule has 0 saturated heterocycles. The van der Waals surface area contributed by atoms with Crippen LogP contribution in [0, 0.1) is 0 Å². The largest absolute Gasteiger partial charge is 0.465 e. The fourth-order valence-electron chi connectivity index (χ4n) is 1.63. The predicted molar refractivity (Wildman–Crippen MR) is 78.3 cm³/mol. The predicted octanol–water partition coefficient (Wildman–Crippen LogP) is 0.656. The Labute approximate surface area is 120 Å². The lowest BCUT2D eigenvalue weighted by Gasteiger charge is -2.25. The first kappa shape index (κ1) is 18.3. The van der Waals surface area contributed by atoms with E-state index in [2.05, 4.69) is 0 Å². The van der Waals surface area contributed by atoms with Gasteiger partial charge in [0.25, 0.3) is 0 Å². The first-order chi connectivity index (χ1) is 8.81. The summed E-state index contributed by atoms with van der Waals surface area (Å²) in [7, 11) is -3.72. The van der Waals surface area contributed by atoms with E-state index in [4.69, 9.17) is 22.7 Å². The molecule has 8 heteroatoms. The molecule has 0 aliphatic rings. The molecule has 6 nitrogen and oxygen atoms in total. The molecule has 0 heterocycles. The van der Waals surface area contributed by atoms with Crippen LogP contribution in [-0.4, -0.2) is 48.6 Å². The van der Waals surface area contributed by atoms with Gasteiger partial charge >= 0.3 is 5.97 Å². The molecule has 112 valence electrons. The molecule has 0 aromatic rings. The summed E-state index contributed by atoms with van der Waals surface area (Å²) < 4.78 is 30.6. The fourth-order valence-corrected chi connectivity index (χ4v) is 3.96. The Morgan fingerprint density at radius 1 is 1.37 bits per heavy atom. The molecule has 0 spiro atoms. The van der Waals surface area contributed by atoms with E-state index < -0.39 is 21.2 Å². The van der Waals surface area contributed by atoms with Crippen LogP contribution in [0.15, 0.2) is 0 Å². The Balaban J connectivity index is 5.14. The van der Waals surface area contributed by atoms with Crippen molar-refractivity contribution in [3.63, 3.8) is 0 Å². The van der Waals surface area contributed by atoms with Gasteiger partial charge in [0.15, 0.2) is 0 Å². The standard InChI is InChI=1S/C11H22N2O4S2/c1-4-7-13(8-10(14)17-6-3)19(15,16)9(5-2)11(12)18/h9H,4-8H2,1-3H3,(H2,12,18). The molecule has 0 fully saturated rings. The Hall–Kier alpha value is -0.730. The Kier molecular flexibility index (Phi) is 8.12. The third-order valence-corrected chi connectivity index (χ3v) is 5.26. The van der Waals surface area contributed by atoms with Crippen LogP contribution in [-0.2, 0) is 19.6 Å². The molecule has 0 aliphatic carbocycles. The number of nitrogens with two attached hydrogens (primary N) is 1. The summed E-state index contributed by atoms with van der Waals surface area (Å²) in [6.45, 7) is 5.33. The number of carbonyl (C=O) groups is 1. The molecule has 1 atom stereocenters. The van der Waals surface area contributed by atoms with Gasteiger partial charge in [-0.2, -0.15) is 4.31 Å². The highest BCUT2D eigenvalue weighted by atomic mass is 32.2. The summed E-state index contributed by atoms with van der Waals surface area (Å²) in [5.41, 5.74) is 5.47. The van der Waals surface area contributed by atoms with Gasteiger partial charge in [0.2, 0.25) is 10.0 Å². The van der Waals surface area contributed by atoms with Crippen LogP contribution in [0.3, 0.4) is 0 Å². The van der Waals surface area contributed by atoms with Gasteiger partial charge in [-0.05, 0) is 19.8 Å². The van der Waals surface area contributed by atoms with Crippen molar-refractivity contribution in [3.05, 3.63) is 0 Å². The third kappa shape index (κ3) is 5.42. The molecule has 2 N–H and O–H groups in total. The van der Waals surface area contributed by atoms with Crippen molar-refractivity contribution in [2.75, 3.05) is 19.7 Å². The molecular weight excluding hydrogens is 288 g/mol. The van der Waals surface area contributed by atoms with Gasteiger partial charge in [-0.3, -0.25) is 4.79 Å². The number of carbonyl (C=O) groups excluding carboxylic acids is 1. The van der Waals surface area contributed by atoms with Crippen LogP contribution in [0.2, 0.25) is 0 Å². The first-order valence-corrected chi connectivity index (χ1v) is 8.16. The summed E-state index contributed by atoms with van der Waals surface area (Å²) >= 11 is 4.79. The van der Waals surface area contributed by atoms with E-state index in [0.29, 0.717) is 6.42 Å². The van der Waals surface area contributed by atoms with E-state index in [0.717, 1.165) is 4.31 Å². The van der Waals surface area contributed by atoms with E-state index >= 15 is 0 Å². The minimum absolute atomic E-state index is 0.0764. The maximum absolute atomic E-state index is 12.4. The van der Waals surface area contributed by atoms with Gasteiger partial charge in [-0.1, -0.05) is 26.1 Å². The maximum Gasteiger partial charge on any atom is 0.321 e. The average Bonchev–Trinajstić information content (AvgIpc) is 2.28. The first-order valence-electron chi connectivity index (χ1n) is 6.25. The number of thiocarbonyl (C=S) groups is 1. The highest BCUT2D eigenvalue weighted by Crippen LogP contribution is 2.14. The summed E-state index contributed by atoms with van der Waals surface area (Å²) in [6, 6.07) is 0. The van der Waals surface area contributed by atoms with Gasteiger partial charge in [0, 0.05) is 6.54 Å². The average molecular weight is 310 g/mol. The van der Waals surface area contributed by atoms with Crippen molar-refractivity contribution in [2.24, 2.45) is 5.73 Å². The van der Waals surface area contributed by atoms with E-state index in [1.165, 1.54) is 0 Å². The normalized spacial score (nSPS) is 13.3. The Morgan fingerprint density at radius 3 is 2.32 bits per heavy atom. The molecule has 0 aliphatic heterocycles. The van der Waals surface area contributed by atoms with Crippen molar-refractivity contribution in [1.82, 2.24) is 4.31 Å². The van der Waals surface area contributed by atoms with Crippen LogP contribution < -0.4 is 5.73 Å². The molecule has 0 aromatic carbocycles. The summed E-state index contributed by atoms with van der Waals surface area (Å²) in [4.78, 5) is 11.4. The smallest absolute Gasteiger partial charge is 0.321 e. The molecule has 0 rings (SSSR count). The Morgan fingerprint density at radius 2 is 1.95 bits per heavy atom. The number of sulfonamides is 1. The number of rotatable bonds is 9. The lowest BCUT2D eigenvalue weighted by atomic mass is 10.3. The lowest BCUT2D eigenvalue weighted by molar-refractivity contribution is -0.143. The molecule has 0 bridgehead atoms. The second kappa shape index (κ2) is 8.44. The maximum atomic E-state index is 12.4. The third-order valence-electron chi connectivity index (χ3n) is 2.49. The summed E-state index contributed by atoms with van der Waals surface area (Å²) in [6.07, 6.45) is 0.868. The van der Waals surface area contributed by atoms with Crippen molar-refractivity contribution < 1.29 is 17.9 Å². The molecule has 0 saturated carbocycles. The topological polar surface area (TPSA) is 89.7 Å². The second-order valence-corrected chi connectivity index (χ2v) is 6.57. The number of hydrogen-bond acceptors (Lipinski definition) is 5. The van der Waals surface area contributed by atoms with E-state index in [1.54, 1.807) is 13.8 Å². The molecule has 0 aromatic heterocycles. The van der Waals surface area contributed by atoms with Crippen LogP contribution in [0.4, 0.5) is 0 Å². The monoisotopic (exact) mass is 310 g/mol. The zero-order valence-corrected chi connectivity index (χ0v) is 13.2. The van der Waals surface area contributed by atoms with E-state index in [9.17, 15) is 13.2 Å². The molecular formula is C11H22N2O4S2. The second-order valence-electron chi connectivity index (χ2n) is 3.98. The molecule has 0 radical (unpaired) electrons. The minimum atomic E-state index is -3.72.